The van der Waals surface area contributed by atoms with Gasteiger partial charge in [-0.05, 0) is 98.4 Å². The molecule has 0 unspecified atom stereocenters. The molecule has 13 rings (SSSR count). The zero-order valence-corrected chi connectivity index (χ0v) is 34.4. The third kappa shape index (κ3) is 4.82. The van der Waals surface area contributed by atoms with Gasteiger partial charge in [0.1, 0.15) is 11.2 Å². The van der Waals surface area contributed by atoms with Crippen LogP contribution in [0.1, 0.15) is 25.0 Å². The van der Waals surface area contributed by atoms with Crippen LogP contribution in [0.3, 0.4) is 0 Å². The Balaban J connectivity index is 1.20. The van der Waals surface area contributed by atoms with Crippen molar-refractivity contribution < 1.29 is 4.42 Å². The fourth-order valence-electron chi connectivity index (χ4n) is 10.8. The highest BCUT2D eigenvalue weighted by Gasteiger charge is 2.38. The van der Waals surface area contributed by atoms with Gasteiger partial charge < -0.3 is 13.9 Å². The molecule has 2 heterocycles. The molecule has 0 atom stereocenters. The van der Waals surface area contributed by atoms with Crippen molar-refractivity contribution in [2.45, 2.75) is 19.3 Å². The van der Waals surface area contributed by atoms with Gasteiger partial charge in [0.15, 0.2) is 0 Å². The molecule has 62 heavy (non-hydrogen) atoms. The number of para-hydroxylation sites is 4. The lowest BCUT2D eigenvalue weighted by Crippen LogP contribution is -2.16. The number of nitrogens with zero attached hydrogens (tertiary/aromatic N) is 2. The first-order chi connectivity index (χ1) is 30.6. The van der Waals surface area contributed by atoms with Crippen molar-refractivity contribution in [3.05, 3.63) is 217 Å². The van der Waals surface area contributed by atoms with Gasteiger partial charge in [-0.2, -0.15) is 0 Å². The summed E-state index contributed by atoms with van der Waals surface area (Å²) in [5.74, 6) is 0. The minimum atomic E-state index is -0.183. The van der Waals surface area contributed by atoms with E-state index in [0.717, 1.165) is 61.3 Å². The monoisotopic (exact) mass is 792 g/mol. The number of hydrogen-bond acceptors (Lipinski definition) is 2. The molecule has 0 bridgehead atoms. The highest BCUT2D eigenvalue weighted by atomic mass is 16.3. The lowest BCUT2D eigenvalue weighted by atomic mass is 9.82. The van der Waals surface area contributed by atoms with E-state index in [4.69, 9.17) is 4.42 Å². The summed E-state index contributed by atoms with van der Waals surface area (Å²) in [6.45, 7) is 4.73. The molecule has 0 saturated heterocycles. The van der Waals surface area contributed by atoms with Gasteiger partial charge >= 0.3 is 0 Å². The molecule has 3 nitrogen and oxygen atoms in total. The summed E-state index contributed by atoms with van der Waals surface area (Å²) in [7, 11) is 0. The van der Waals surface area contributed by atoms with Crippen LogP contribution in [0.4, 0.5) is 17.1 Å². The third-order valence-electron chi connectivity index (χ3n) is 13.6. The SMILES string of the molecule is CC1(C)c2ccccc2-c2c(N(c3ccc(-c4cc5ccccc5c5ccccc45)c4oc5ccccc5c34)c3cccc4c5ccccc5n(-c5ccccc5)c34)cccc21. The standard InChI is InChI=1S/C59H40N2O/c1-59(2)48-28-13-10-25-45(48)55-49(59)29-17-31-51(55)61(53-32-16-27-43-42-24-11-14-30-50(42)60(57(43)53)38-19-4-3-5-20-38)52-35-34-44(58-56(52)46-26-12-15-33-54(46)62-58)47-36-37-18-6-7-21-39(37)40-22-8-9-23-41(40)47/h3-36H,1-2H3. The van der Waals surface area contributed by atoms with Crippen molar-refractivity contribution in [2.75, 3.05) is 4.90 Å². The lowest BCUT2D eigenvalue weighted by molar-refractivity contribution is 0.660. The minimum Gasteiger partial charge on any atom is -0.455 e. The predicted molar refractivity (Wildman–Crippen MR) is 261 cm³/mol. The van der Waals surface area contributed by atoms with Crippen LogP contribution >= 0.6 is 0 Å². The fourth-order valence-corrected chi connectivity index (χ4v) is 10.8. The molecule has 0 radical (unpaired) electrons. The molecule has 3 heteroatoms. The Hall–Kier alpha value is -7.88. The Morgan fingerprint density at radius 3 is 1.95 bits per heavy atom. The van der Waals surface area contributed by atoms with Crippen LogP contribution < -0.4 is 4.90 Å². The number of rotatable bonds is 5. The topological polar surface area (TPSA) is 21.3 Å². The van der Waals surface area contributed by atoms with Gasteiger partial charge in [0.25, 0.3) is 0 Å². The second-order valence-electron chi connectivity index (χ2n) is 17.2. The Morgan fingerprint density at radius 2 is 1.08 bits per heavy atom. The second kappa shape index (κ2) is 13.1. The van der Waals surface area contributed by atoms with Gasteiger partial charge in [0.2, 0.25) is 0 Å². The minimum absolute atomic E-state index is 0.183. The van der Waals surface area contributed by atoms with Crippen LogP contribution in [0.5, 0.6) is 0 Å². The first-order valence-electron chi connectivity index (χ1n) is 21.5. The molecule has 10 aromatic carbocycles. The molecule has 1 aliphatic rings. The maximum atomic E-state index is 7.14. The van der Waals surface area contributed by atoms with Gasteiger partial charge in [0, 0.05) is 38.4 Å². The molecule has 0 spiro atoms. The van der Waals surface area contributed by atoms with Crippen molar-refractivity contribution in [3.63, 3.8) is 0 Å². The Morgan fingerprint density at radius 1 is 0.435 bits per heavy atom. The van der Waals surface area contributed by atoms with Crippen molar-refractivity contribution in [1.82, 2.24) is 4.57 Å². The summed E-state index contributed by atoms with van der Waals surface area (Å²) < 4.78 is 9.59. The Kier molecular flexibility index (Phi) is 7.36. The molecule has 0 amide bonds. The maximum Gasteiger partial charge on any atom is 0.145 e. The molecular formula is C59H40N2O. The molecule has 0 fully saturated rings. The summed E-state index contributed by atoms with van der Waals surface area (Å²) in [4.78, 5) is 2.55. The average molecular weight is 793 g/mol. The highest BCUT2D eigenvalue weighted by molar-refractivity contribution is 6.23. The zero-order valence-electron chi connectivity index (χ0n) is 34.4. The van der Waals surface area contributed by atoms with E-state index in [1.807, 2.05) is 0 Å². The summed E-state index contributed by atoms with van der Waals surface area (Å²) in [6.07, 6.45) is 0. The quantitative estimate of drug-likeness (QED) is 0.162. The van der Waals surface area contributed by atoms with Crippen LogP contribution in [0.15, 0.2) is 211 Å². The van der Waals surface area contributed by atoms with Crippen LogP contribution in [0.25, 0.3) is 93.2 Å². The zero-order chi connectivity index (χ0) is 41.1. The number of anilines is 3. The number of furan rings is 1. The first kappa shape index (κ1) is 34.9. The molecule has 292 valence electrons. The normalized spacial score (nSPS) is 13.1. The van der Waals surface area contributed by atoms with Gasteiger partial charge in [-0.15, -0.1) is 0 Å². The predicted octanol–water partition coefficient (Wildman–Crippen LogP) is 16.4. The van der Waals surface area contributed by atoms with Gasteiger partial charge in [-0.25, -0.2) is 0 Å². The van der Waals surface area contributed by atoms with Crippen LogP contribution in [0.2, 0.25) is 0 Å². The Bertz CT molecular complexity index is 3790. The third-order valence-corrected chi connectivity index (χ3v) is 13.6. The van der Waals surface area contributed by atoms with Crippen LogP contribution in [-0.4, -0.2) is 4.57 Å². The van der Waals surface area contributed by atoms with Crippen molar-refractivity contribution >= 4 is 82.4 Å². The van der Waals surface area contributed by atoms with Crippen molar-refractivity contribution in [1.29, 1.82) is 0 Å². The largest absolute Gasteiger partial charge is 0.455 e. The van der Waals surface area contributed by atoms with E-state index >= 15 is 0 Å². The molecule has 0 saturated carbocycles. The van der Waals surface area contributed by atoms with E-state index in [9.17, 15) is 0 Å². The molecule has 2 aromatic heterocycles. The smallest absolute Gasteiger partial charge is 0.145 e. The number of aromatic nitrogens is 1. The van der Waals surface area contributed by atoms with E-state index in [-0.39, 0.29) is 5.41 Å². The number of fused-ring (bicyclic) bond motifs is 12. The second-order valence-corrected chi connectivity index (χ2v) is 17.2. The van der Waals surface area contributed by atoms with E-state index < -0.39 is 0 Å². The van der Waals surface area contributed by atoms with E-state index in [2.05, 4.69) is 230 Å². The average Bonchev–Trinajstić information content (AvgIpc) is 3.96. The fraction of sp³-hybridized carbons (Fsp3) is 0.0508. The Labute approximate surface area is 359 Å². The van der Waals surface area contributed by atoms with E-state index in [1.54, 1.807) is 0 Å². The highest BCUT2D eigenvalue weighted by Crippen LogP contribution is 2.57. The maximum absolute atomic E-state index is 7.14. The lowest BCUT2D eigenvalue weighted by Gasteiger charge is -2.30. The molecule has 12 aromatic rings. The number of benzene rings is 10. The van der Waals surface area contributed by atoms with Gasteiger partial charge in [-0.3, -0.25) is 0 Å². The first-order valence-corrected chi connectivity index (χ1v) is 21.5. The summed E-state index contributed by atoms with van der Waals surface area (Å²) >= 11 is 0. The summed E-state index contributed by atoms with van der Waals surface area (Å²) in [6, 6.07) is 75.4. The molecule has 1 aliphatic carbocycles. The summed E-state index contributed by atoms with van der Waals surface area (Å²) in [5.41, 5.74) is 15.7. The van der Waals surface area contributed by atoms with E-state index in [1.165, 1.54) is 60.1 Å². The molecule has 0 N–H and O–H groups in total. The van der Waals surface area contributed by atoms with Crippen molar-refractivity contribution in [3.8, 4) is 27.9 Å². The van der Waals surface area contributed by atoms with Crippen LogP contribution in [0, 0.1) is 0 Å². The van der Waals surface area contributed by atoms with Crippen LogP contribution in [-0.2, 0) is 5.41 Å². The van der Waals surface area contributed by atoms with Gasteiger partial charge in [-0.1, -0.05) is 166 Å². The van der Waals surface area contributed by atoms with Gasteiger partial charge in [0.05, 0.1) is 33.5 Å². The summed E-state index contributed by atoms with van der Waals surface area (Å²) in [5, 5.41) is 9.47. The number of hydrogen-bond donors (Lipinski definition) is 0. The van der Waals surface area contributed by atoms with E-state index in [0.29, 0.717) is 0 Å². The molecule has 0 aliphatic heterocycles. The van der Waals surface area contributed by atoms with Crippen molar-refractivity contribution in [2.24, 2.45) is 0 Å². The molecular weight excluding hydrogens is 753 g/mol.